The van der Waals surface area contributed by atoms with E-state index in [9.17, 15) is 9.59 Å². The molecule has 0 bridgehead atoms. The molecule has 2 rings (SSSR count). The number of carboxylic acid groups (broad SMARTS) is 1. The van der Waals surface area contributed by atoms with Crippen molar-refractivity contribution in [3.8, 4) is 0 Å². The van der Waals surface area contributed by atoms with Crippen LogP contribution in [-0.2, 0) is 19.1 Å². The summed E-state index contributed by atoms with van der Waals surface area (Å²) in [7, 11) is 0. The zero-order valence-corrected chi connectivity index (χ0v) is 11.2. The maximum Gasteiger partial charge on any atom is 0.329 e. The maximum absolute atomic E-state index is 12.2. The first-order valence-electron chi connectivity index (χ1n) is 6.81. The van der Waals surface area contributed by atoms with Gasteiger partial charge in [-0.05, 0) is 25.2 Å². The van der Waals surface area contributed by atoms with Crippen molar-refractivity contribution < 1.29 is 24.2 Å². The third kappa shape index (κ3) is 3.67. The normalized spacial score (nSPS) is 28.6. The predicted molar refractivity (Wildman–Crippen MR) is 66.7 cm³/mol. The Morgan fingerprint density at radius 3 is 2.53 bits per heavy atom. The maximum atomic E-state index is 12.2. The highest BCUT2D eigenvalue weighted by Crippen LogP contribution is 2.24. The summed E-state index contributed by atoms with van der Waals surface area (Å²) >= 11 is 0. The molecule has 2 fully saturated rings. The Balaban J connectivity index is 1.76. The Morgan fingerprint density at radius 2 is 2.00 bits per heavy atom. The summed E-state index contributed by atoms with van der Waals surface area (Å²) in [5.74, 6) is -0.596. The number of hydrogen-bond acceptors (Lipinski definition) is 4. The number of nitrogens with zero attached hydrogens (tertiary/aromatic N) is 1. The highest BCUT2D eigenvalue weighted by molar-refractivity contribution is 5.81. The Hall–Kier alpha value is -1.14. The van der Waals surface area contributed by atoms with E-state index < -0.39 is 5.97 Å². The zero-order valence-electron chi connectivity index (χ0n) is 11.2. The number of ether oxygens (including phenoxy) is 2. The summed E-state index contributed by atoms with van der Waals surface area (Å²) in [5, 5.41) is 8.55. The molecule has 19 heavy (non-hydrogen) atoms. The topological polar surface area (TPSA) is 76.1 Å². The smallest absolute Gasteiger partial charge is 0.329 e. The van der Waals surface area contributed by atoms with Crippen molar-refractivity contribution >= 4 is 11.9 Å². The quantitative estimate of drug-likeness (QED) is 0.806. The van der Waals surface area contributed by atoms with Gasteiger partial charge in [0, 0.05) is 19.7 Å². The fourth-order valence-electron chi connectivity index (χ4n) is 2.62. The molecule has 0 aliphatic carbocycles. The standard InChI is InChI=1S/C13H21NO5/c1-9-4-7-18-12(9)13(17)14-5-2-10(3-6-14)19-8-11(15)16/h9-10,12H,2-8H2,1H3,(H,15,16). The van der Waals surface area contributed by atoms with E-state index in [1.807, 2.05) is 11.8 Å². The lowest BCUT2D eigenvalue weighted by Gasteiger charge is -2.33. The van der Waals surface area contributed by atoms with Crippen molar-refractivity contribution in [1.29, 1.82) is 0 Å². The van der Waals surface area contributed by atoms with Crippen LogP contribution in [0.2, 0.25) is 0 Å². The van der Waals surface area contributed by atoms with Crippen molar-refractivity contribution in [2.24, 2.45) is 5.92 Å². The van der Waals surface area contributed by atoms with Crippen LogP contribution in [0, 0.1) is 5.92 Å². The molecule has 108 valence electrons. The SMILES string of the molecule is CC1CCOC1C(=O)N1CCC(OCC(=O)O)CC1. The van der Waals surface area contributed by atoms with E-state index in [1.165, 1.54) is 0 Å². The Morgan fingerprint density at radius 1 is 1.32 bits per heavy atom. The third-order valence-corrected chi connectivity index (χ3v) is 3.83. The van der Waals surface area contributed by atoms with Crippen LogP contribution < -0.4 is 0 Å². The lowest BCUT2D eigenvalue weighted by molar-refractivity contribution is -0.149. The van der Waals surface area contributed by atoms with Gasteiger partial charge in [-0.15, -0.1) is 0 Å². The molecule has 2 aliphatic heterocycles. The Bertz CT molecular complexity index is 338. The van der Waals surface area contributed by atoms with Gasteiger partial charge in [-0.2, -0.15) is 0 Å². The molecule has 6 nitrogen and oxygen atoms in total. The molecule has 2 heterocycles. The van der Waals surface area contributed by atoms with Crippen LogP contribution in [0.25, 0.3) is 0 Å². The second-order valence-electron chi connectivity index (χ2n) is 5.29. The van der Waals surface area contributed by atoms with E-state index in [2.05, 4.69) is 0 Å². The number of amides is 1. The second kappa shape index (κ2) is 6.34. The van der Waals surface area contributed by atoms with Gasteiger partial charge < -0.3 is 19.5 Å². The number of carboxylic acids is 1. The van der Waals surface area contributed by atoms with Gasteiger partial charge in [-0.3, -0.25) is 4.79 Å². The van der Waals surface area contributed by atoms with Crippen molar-refractivity contribution in [2.75, 3.05) is 26.3 Å². The van der Waals surface area contributed by atoms with Crippen molar-refractivity contribution in [3.63, 3.8) is 0 Å². The number of piperidine rings is 1. The average molecular weight is 271 g/mol. The zero-order chi connectivity index (χ0) is 13.8. The molecule has 1 amide bonds. The fourth-order valence-corrected chi connectivity index (χ4v) is 2.62. The lowest BCUT2D eigenvalue weighted by Crippen LogP contribution is -2.46. The molecule has 6 heteroatoms. The van der Waals surface area contributed by atoms with Crippen LogP contribution in [-0.4, -0.2) is 60.4 Å². The molecule has 2 unspecified atom stereocenters. The van der Waals surface area contributed by atoms with Gasteiger partial charge in [0.05, 0.1) is 6.10 Å². The third-order valence-electron chi connectivity index (χ3n) is 3.83. The number of likely N-dealkylation sites (tertiary alicyclic amines) is 1. The summed E-state index contributed by atoms with van der Waals surface area (Å²) in [6.45, 7) is 3.68. The number of aliphatic carboxylic acids is 1. The summed E-state index contributed by atoms with van der Waals surface area (Å²) < 4.78 is 10.7. The van der Waals surface area contributed by atoms with Crippen molar-refractivity contribution in [3.05, 3.63) is 0 Å². The highest BCUT2D eigenvalue weighted by atomic mass is 16.5. The number of rotatable bonds is 4. The lowest BCUT2D eigenvalue weighted by atomic mass is 10.0. The molecule has 0 aromatic carbocycles. The molecule has 0 aromatic heterocycles. The molecule has 2 atom stereocenters. The van der Waals surface area contributed by atoms with Crippen molar-refractivity contribution in [2.45, 2.75) is 38.4 Å². The Kier molecular flexibility index (Phi) is 4.76. The van der Waals surface area contributed by atoms with E-state index in [4.69, 9.17) is 14.6 Å². The van der Waals surface area contributed by atoms with E-state index in [1.54, 1.807) is 0 Å². The van der Waals surface area contributed by atoms with Gasteiger partial charge in [0.1, 0.15) is 12.7 Å². The summed E-state index contributed by atoms with van der Waals surface area (Å²) in [6, 6.07) is 0. The van der Waals surface area contributed by atoms with Crippen LogP contribution >= 0.6 is 0 Å². The number of carbonyl (C=O) groups is 2. The summed E-state index contributed by atoms with van der Waals surface area (Å²) in [4.78, 5) is 24.5. The molecule has 1 N–H and O–H groups in total. The second-order valence-corrected chi connectivity index (χ2v) is 5.29. The minimum atomic E-state index is -0.952. The predicted octanol–water partition coefficient (Wildman–Crippen LogP) is 0.504. The van der Waals surface area contributed by atoms with E-state index in [0.29, 0.717) is 32.5 Å². The van der Waals surface area contributed by atoms with E-state index >= 15 is 0 Å². The largest absolute Gasteiger partial charge is 0.480 e. The van der Waals surface area contributed by atoms with Gasteiger partial charge in [0.25, 0.3) is 5.91 Å². The van der Waals surface area contributed by atoms with Crippen LogP contribution in [0.1, 0.15) is 26.2 Å². The molecule has 2 aliphatic rings. The first-order valence-corrected chi connectivity index (χ1v) is 6.81. The van der Waals surface area contributed by atoms with Crippen LogP contribution in [0.4, 0.5) is 0 Å². The molecular weight excluding hydrogens is 250 g/mol. The van der Waals surface area contributed by atoms with Gasteiger partial charge in [-0.1, -0.05) is 6.92 Å². The molecule has 0 saturated carbocycles. The van der Waals surface area contributed by atoms with Gasteiger partial charge >= 0.3 is 5.97 Å². The molecule has 0 aromatic rings. The highest BCUT2D eigenvalue weighted by Gasteiger charge is 2.35. The van der Waals surface area contributed by atoms with Gasteiger partial charge in [-0.25, -0.2) is 4.79 Å². The molecule has 2 saturated heterocycles. The van der Waals surface area contributed by atoms with Gasteiger partial charge in [0.2, 0.25) is 0 Å². The van der Waals surface area contributed by atoms with E-state index in [-0.39, 0.29) is 30.6 Å². The summed E-state index contributed by atoms with van der Waals surface area (Å²) in [5.41, 5.74) is 0. The van der Waals surface area contributed by atoms with Crippen molar-refractivity contribution in [1.82, 2.24) is 4.90 Å². The monoisotopic (exact) mass is 271 g/mol. The minimum Gasteiger partial charge on any atom is -0.480 e. The van der Waals surface area contributed by atoms with Crippen LogP contribution in [0.3, 0.4) is 0 Å². The van der Waals surface area contributed by atoms with Gasteiger partial charge in [0.15, 0.2) is 0 Å². The number of hydrogen-bond donors (Lipinski definition) is 1. The molecular formula is C13H21NO5. The summed E-state index contributed by atoms with van der Waals surface area (Å²) in [6.07, 6.45) is 1.98. The van der Waals surface area contributed by atoms with Crippen LogP contribution in [0.15, 0.2) is 0 Å². The fraction of sp³-hybridized carbons (Fsp3) is 0.846. The Labute approximate surface area is 112 Å². The first-order chi connectivity index (χ1) is 9.08. The van der Waals surface area contributed by atoms with Crippen LogP contribution in [0.5, 0.6) is 0 Å². The van der Waals surface area contributed by atoms with E-state index in [0.717, 1.165) is 6.42 Å². The first kappa shape index (κ1) is 14.3. The molecule has 0 radical (unpaired) electrons. The minimum absolute atomic E-state index is 0.0536. The molecule has 0 spiro atoms. The average Bonchev–Trinajstić information content (AvgIpc) is 2.82. The number of carbonyl (C=O) groups excluding carboxylic acids is 1.